The summed E-state index contributed by atoms with van der Waals surface area (Å²) in [7, 11) is 0. The fourth-order valence-electron chi connectivity index (χ4n) is 1.44. The quantitative estimate of drug-likeness (QED) is 0.647. The zero-order valence-corrected chi connectivity index (χ0v) is 11.3. The second-order valence-electron chi connectivity index (χ2n) is 3.68. The van der Waals surface area contributed by atoms with Gasteiger partial charge in [-0.25, -0.2) is 4.98 Å². The van der Waals surface area contributed by atoms with Crippen LogP contribution in [0.2, 0.25) is 0 Å². The predicted octanol–water partition coefficient (Wildman–Crippen LogP) is 4.63. The molecule has 1 aromatic heterocycles. The Kier molecular flexibility index (Phi) is 4.12. The molecule has 0 aliphatic heterocycles. The molecular formula is C12H7BrF4N2O. The summed E-state index contributed by atoms with van der Waals surface area (Å²) in [5.41, 5.74) is 0.308. The van der Waals surface area contributed by atoms with E-state index in [2.05, 4.69) is 31.0 Å². The topological polar surface area (TPSA) is 34.1 Å². The molecule has 2 rings (SSSR count). The Morgan fingerprint density at radius 3 is 2.55 bits per heavy atom. The number of pyridine rings is 1. The first-order valence-electron chi connectivity index (χ1n) is 5.27. The van der Waals surface area contributed by atoms with Crippen LogP contribution >= 0.6 is 15.9 Å². The number of nitrogens with zero attached hydrogens (tertiary/aromatic N) is 1. The number of nitrogens with one attached hydrogen (secondary N) is 1. The molecule has 0 aliphatic carbocycles. The zero-order valence-electron chi connectivity index (χ0n) is 9.71. The number of benzene rings is 1. The van der Waals surface area contributed by atoms with Crippen molar-refractivity contribution in [3.8, 4) is 5.75 Å². The van der Waals surface area contributed by atoms with Crippen LogP contribution in [0.5, 0.6) is 5.75 Å². The van der Waals surface area contributed by atoms with Crippen LogP contribution in [0.3, 0.4) is 0 Å². The van der Waals surface area contributed by atoms with E-state index in [1.165, 1.54) is 24.4 Å². The van der Waals surface area contributed by atoms with E-state index in [-0.39, 0.29) is 11.4 Å². The molecule has 0 fully saturated rings. The summed E-state index contributed by atoms with van der Waals surface area (Å²) in [4.78, 5) is 3.35. The normalized spacial score (nSPS) is 11.2. The Balaban J connectivity index is 2.31. The molecular weight excluding hydrogens is 344 g/mol. The van der Waals surface area contributed by atoms with E-state index in [9.17, 15) is 17.6 Å². The Morgan fingerprint density at radius 1 is 1.15 bits per heavy atom. The van der Waals surface area contributed by atoms with Gasteiger partial charge in [0.05, 0.1) is 5.69 Å². The largest absolute Gasteiger partial charge is 0.573 e. The summed E-state index contributed by atoms with van der Waals surface area (Å²) in [5.74, 6) is -1.17. The molecule has 0 aliphatic rings. The number of alkyl halides is 3. The zero-order chi connectivity index (χ0) is 14.8. The van der Waals surface area contributed by atoms with E-state index >= 15 is 0 Å². The summed E-state index contributed by atoms with van der Waals surface area (Å²) in [6.07, 6.45) is -3.62. The van der Waals surface area contributed by atoms with Crippen molar-refractivity contribution in [3.05, 3.63) is 46.9 Å². The number of rotatable bonds is 3. The van der Waals surface area contributed by atoms with Crippen molar-refractivity contribution in [3.63, 3.8) is 0 Å². The van der Waals surface area contributed by atoms with Crippen LogP contribution in [0.15, 0.2) is 41.0 Å². The van der Waals surface area contributed by atoms with Gasteiger partial charge in [-0.1, -0.05) is 15.9 Å². The first kappa shape index (κ1) is 14.6. The van der Waals surface area contributed by atoms with Crippen LogP contribution < -0.4 is 10.1 Å². The molecule has 8 heteroatoms. The van der Waals surface area contributed by atoms with Crippen molar-refractivity contribution in [2.24, 2.45) is 0 Å². The molecule has 2 aromatic rings. The summed E-state index contributed by atoms with van der Waals surface area (Å²) in [6, 6.07) is 6.54. The van der Waals surface area contributed by atoms with Crippen molar-refractivity contribution in [1.82, 2.24) is 4.98 Å². The van der Waals surface area contributed by atoms with E-state index in [0.717, 1.165) is 12.1 Å². The molecule has 0 spiro atoms. The first-order chi connectivity index (χ1) is 9.33. The summed E-state index contributed by atoms with van der Waals surface area (Å²) >= 11 is 3.06. The average molecular weight is 351 g/mol. The van der Waals surface area contributed by atoms with Crippen molar-refractivity contribution in [2.45, 2.75) is 6.36 Å². The third-order valence-electron chi connectivity index (χ3n) is 2.17. The fraction of sp³-hybridized carbons (Fsp3) is 0.0833. The van der Waals surface area contributed by atoms with Crippen LogP contribution in [0.4, 0.5) is 28.9 Å². The summed E-state index contributed by atoms with van der Waals surface area (Å²) < 4.78 is 54.2. The smallest absolute Gasteiger partial charge is 0.404 e. The molecule has 1 N–H and O–H groups in total. The highest BCUT2D eigenvalue weighted by Crippen LogP contribution is 2.34. The van der Waals surface area contributed by atoms with E-state index in [1.54, 1.807) is 0 Å². The summed E-state index contributed by atoms with van der Waals surface area (Å²) in [6.45, 7) is 0. The molecule has 0 atom stereocenters. The van der Waals surface area contributed by atoms with Gasteiger partial charge in [-0.3, -0.25) is 0 Å². The molecule has 0 unspecified atom stereocenters. The first-order valence-corrected chi connectivity index (χ1v) is 6.07. The van der Waals surface area contributed by atoms with Gasteiger partial charge in [-0.15, -0.1) is 13.2 Å². The third-order valence-corrected chi connectivity index (χ3v) is 2.67. The molecule has 0 saturated heterocycles. The Morgan fingerprint density at radius 2 is 1.90 bits per heavy atom. The number of aromatic nitrogens is 1. The fourth-order valence-corrected chi connectivity index (χ4v) is 1.78. The van der Waals surface area contributed by atoms with Crippen molar-refractivity contribution in [1.29, 1.82) is 0 Å². The maximum absolute atomic E-state index is 12.9. The standard InChI is InChI=1S/C12H7BrF4N2O/c13-7-1-2-9(10(5-7)20-12(15,16)17)19-8-3-4-18-11(14)6-8/h1-6H,(H,18,19). The van der Waals surface area contributed by atoms with Crippen LogP contribution in [0.1, 0.15) is 0 Å². The number of anilines is 2. The van der Waals surface area contributed by atoms with Crippen LogP contribution in [0, 0.1) is 5.95 Å². The van der Waals surface area contributed by atoms with E-state index in [1.807, 2.05) is 0 Å². The van der Waals surface area contributed by atoms with E-state index < -0.39 is 18.1 Å². The lowest BCUT2D eigenvalue weighted by Crippen LogP contribution is -2.18. The minimum absolute atomic E-state index is 0.0520. The number of hydrogen-bond donors (Lipinski definition) is 1. The highest BCUT2D eigenvalue weighted by Gasteiger charge is 2.32. The Labute approximate surface area is 119 Å². The van der Waals surface area contributed by atoms with Gasteiger partial charge < -0.3 is 10.1 Å². The van der Waals surface area contributed by atoms with Gasteiger partial charge in [0.15, 0.2) is 5.75 Å². The van der Waals surface area contributed by atoms with Gasteiger partial charge in [0.2, 0.25) is 5.95 Å². The molecule has 3 nitrogen and oxygen atoms in total. The lowest BCUT2D eigenvalue weighted by atomic mass is 10.2. The van der Waals surface area contributed by atoms with Gasteiger partial charge in [0.1, 0.15) is 0 Å². The average Bonchev–Trinajstić information content (AvgIpc) is 2.31. The highest BCUT2D eigenvalue weighted by atomic mass is 79.9. The van der Waals surface area contributed by atoms with Gasteiger partial charge in [-0.2, -0.15) is 4.39 Å². The van der Waals surface area contributed by atoms with Crippen molar-refractivity contribution in [2.75, 3.05) is 5.32 Å². The molecule has 1 aromatic carbocycles. The van der Waals surface area contributed by atoms with E-state index in [0.29, 0.717) is 4.47 Å². The minimum atomic E-state index is -4.82. The van der Waals surface area contributed by atoms with Gasteiger partial charge in [0, 0.05) is 22.4 Å². The molecule has 1 heterocycles. The lowest BCUT2D eigenvalue weighted by Gasteiger charge is -2.15. The van der Waals surface area contributed by atoms with Crippen LogP contribution in [-0.4, -0.2) is 11.3 Å². The van der Waals surface area contributed by atoms with Gasteiger partial charge >= 0.3 is 6.36 Å². The monoisotopic (exact) mass is 350 g/mol. The Bertz CT molecular complexity index is 619. The molecule has 106 valence electrons. The third kappa shape index (κ3) is 4.09. The highest BCUT2D eigenvalue weighted by molar-refractivity contribution is 9.10. The molecule has 0 saturated carbocycles. The predicted molar refractivity (Wildman–Crippen MR) is 68.3 cm³/mol. The van der Waals surface area contributed by atoms with Gasteiger partial charge in [0.25, 0.3) is 0 Å². The van der Waals surface area contributed by atoms with Gasteiger partial charge in [-0.05, 0) is 24.3 Å². The molecule has 0 radical (unpaired) electrons. The number of halogens is 5. The van der Waals surface area contributed by atoms with E-state index in [4.69, 9.17) is 0 Å². The molecule has 0 bridgehead atoms. The van der Waals surface area contributed by atoms with Crippen LogP contribution in [-0.2, 0) is 0 Å². The van der Waals surface area contributed by atoms with Crippen LogP contribution in [0.25, 0.3) is 0 Å². The molecule has 0 amide bonds. The second kappa shape index (κ2) is 5.66. The number of ether oxygens (including phenoxy) is 1. The Hall–Kier alpha value is -1.83. The SMILES string of the molecule is Fc1cc(Nc2ccc(Br)cc2OC(F)(F)F)ccn1. The maximum atomic E-state index is 12.9. The summed E-state index contributed by atoms with van der Waals surface area (Å²) in [5, 5.41) is 2.64. The number of hydrogen-bond acceptors (Lipinski definition) is 3. The lowest BCUT2D eigenvalue weighted by molar-refractivity contribution is -0.274. The van der Waals surface area contributed by atoms with Crippen molar-refractivity contribution < 1.29 is 22.3 Å². The molecule has 20 heavy (non-hydrogen) atoms. The second-order valence-corrected chi connectivity index (χ2v) is 4.60. The van der Waals surface area contributed by atoms with Crippen molar-refractivity contribution >= 4 is 27.3 Å². The minimum Gasteiger partial charge on any atom is -0.404 e. The maximum Gasteiger partial charge on any atom is 0.573 e.